The van der Waals surface area contributed by atoms with Gasteiger partial charge in [-0.05, 0) is 29.8 Å². The molecule has 1 aromatic heterocycles. The summed E-state index contributed by atoms with van der Waals surface area (Å²) in [4.78, 5) is 19.8. The second-order valence-corrected chi connectivity index (χ2v) is 6.74. The highest BCUT2D eigenvalue weighted by atomic mass is 32.2. The average Bonchev–Trinajstić information content (AvgIpc) is 2.95. The Hall–Kier alpha value is -2.47. The third-order valence-electron chi connectivity index (χ3n) is 3.41. The maximum Gasteiger partial charge on any atom is 0.251 e. The molecule has 1 heterocycles. The minimum atomic E-state index is -0.927. The molecular weight excluding hydrogens is 310 g/mol. The highest BCUT2D eigenvalue weighted by Crippen LogP contribution is 2.11. The van der Waals surface area contributed by atoms with Crippen molar-refractivity contribution < 1.29 is 9.00 Å². The number of carbonyl (C=O) groups is 1. The van der Waals surface area contributed by atoms with E-state index in [1.807, 2.05) is 30.3 Å². The molecular formula is C17H17N3O2S. The van der Waals surface area contributed by atoms with Gasteiger partial charge in [0.05, 0.1) is 17.6 Å². The molecule has 1 unspecified atom stereocenters. The van der Waals surface area contributed by atoms with Crippen LogP contribution in [0.3, 0.4) is 0 Å². The number of aromatic nitrogens is 2. The van der Waals surface area contributed by atoms with Crippen LogP contribution in [0.5, 0.6) is 0 Å². The molecule has 118 valence electrons. The molecule has 0 aliphatic heterocycles. The Kier molecular flexibility index (Phi) is 4.52. The summed E-state index contributed by atoms with van der Waals surface area (Å²) in [7, 11) is -0.927. The smallest absolute Gasteiger partial charge is 0.251 e. The number of rotatable bonds is 5. The van der Waals surface area contributed by atoms with Crippen LogP contribution in [0.15, 0.2) is 48.5 Å². The van der Waals surface area contributed by atoms with E-state index in [1.54, 1.807) is 24.5 Å². The van der Waals surface area contributed by atoms with Gasteiger partial charge in [0, 0.05) is 28.4 Å². The van der Waals surface area contributed by atoms with Crippen molar-refractivity contribution in [3.63, 3.8) is 0 Å². The van der Waals surface area contributed by atoms with Gasteiger partial charge in [-0.1, -0.05) is 24.3 Å². The van der Waals surface area contributed by atoms with Gasteiger partial charge < -0.3 is 10.3 Å². The van der Waals surface area contributed by atoms with E-state index in [9.17, 15) is 9.00 Å². The van der Waals surface area contributed by atoms with Crippen molar-refractivity contribution in [2.45, 2.75) is 12.3 Å². The van der Waals surface area contributed by atoms with Crippen molar-refractivity contribution in [2.24, 2.45) is 0 Å². The Morgan fingerprint density at radius 2 is 2.04 bits per heavy atom. The molecule has 0 spiro atoms. The van der Waals surface area contributed by atoms with E-state index in [0.717, 1.165) is 16.6 Å². The Morgan fingerprint density at radius 1 is 1.22 bits per heavy atom. The minimum absolute atomic E-state index is 0.172. The minimum Gasteiger partial charge on any atom is -0.345 e. The SMILES string of the molecule is CS(=O)Cc1cccc(C(=O)NCc2nc3ccccc3[nH]2)c1. The summed E-state index contributed by atoms with van der Waals surface area (Å²) in [5.74, 6) is 0.990. The maximum absolute atomic E-state index is 12.2. The van der Waals surface area contributed by atoms with Crippen molar-refractivity contribution in [1.82, 2.24) is 15.3 Å². The second kappa shape index (κ2) is 6.75. The molecule has 0 saturated carbocycles. The van der Waals surface area contributed by atoms with Gasteiger partial charge >= 0.3 is 0 Å². The van der Waals surface area contributed by atoms with Crippen LogP contribution >= 0.6 is 0 Å². The summed E-state index contributed by atoms with van der Waals surface area (Å²) in [6, 6.07) is 14.9. The Bertz CT molecular complexity index is 840. The molecule has 0 saturated heterocycles. The number of H-pyrrole nitrogens is 1. The zero-order valence-electron chi connectivity index (χ0n) is 12.7. The van der Waals surface area contributed by atoms with Crippen LogP contribution < -0.4 is 5.32 Å². The number of amides is 1. The van der Waals surface area contributed by atoms with E-state index in [4.69, 9.17) is 0 Å². The lowest BCUT2D eigenvalue weighted by Gasteiger charge is -2.05. The number of hydrogen-bond donors (Lipinski definition) is 2. The molecule has 2 aromatic carbocycles. The third-order valence-corrected chi connectivity index (χ3v) is 4.15. The van der Waals surface area contributed by atoms with Crippen molar-refractivity contribution in [3.8, 4) is 0 Å². The molecule has 5 nitrogen and oxygen atoms in total. The van der Waals surface area contributed by atoms with Crippen LogP contribution in [0.2, 0.25) is 0 Å². The van der Waals surface area contributed by atoms with Gasteiger partial charge in [-0.15, -0.1) is 0 Å². The lowest BCUT2D eigenvalue weighted by molar-refractivity contribution is 0.0950. The van der Waals surface area contributed by atoms with E-state index in [2.05, 4.69) is 15.3 Å². The highest BCUT2D eigenvalue weighted by molar-refractivity contribution is 7.83. The van der Waals surface area contributed by atoms with Crippen LogP contribution in [0.25, 0.3) is 11.0 Å². The fraction of sp³-hybridized carbons (Fsp3) is 0.176. The van der Waals surface area contributed by atoms with Crippen molar-refractivity contribution in [2.75, 3.05) is 6.26 Å². The van der Waals surface area contributed by atoms with Gasteiger partial charge in [-0.25, -0.2) is 4.98 Å². The molecule has 0 fully saturated rings. The quantitative estimate of drug-likeness (QED) is 0.755. The summed E-state index contributed by atoms with van der Waals surface area (Å²) in [5.41, 5.74) is 3.28. The van der Waals surface area contributed by atoms with Gasteiger partial charge in [0.2, 0.25) is 0 Å². The summed E-state index contributed by atoms with van der Waals surface area (Å²) in [6.45, 7) is 0.331. The van der Waals surface area contributed by atoms with E-state index in [1.165, 1.54) is 0 Å². The topological polar surface area (TPSA) is 74.8 Å². The lowest BCUT2D eigenvalue weighted by atomic mass is 10.1. The van der Waals surface area contributed by atoms with Gasteiger partial charge in [0.15, 0.2) is 0 Å². The monoisotopic (exact) mass is 327 g/mol. The summed E-state index contributed by atoms with van der Waals surface area (Å²) in [5, 5.41) is 2.85. The number of fused-ring (bicyclic) bond motifs is 1. The van der Waals surface area contributed by atoms with Gasteiger partial charge in [0.25, 0.3) is 5.91 Å². The summed E-state index contributed by atoms with van der Waals surface area (Å²) in [6.07, 6.45) is 1.65. The number of aromatic amines is 1. The van der Waals surface area contributed by atoms with Crippen LogP contribution in [0.1, 0.15) is 21.7 Å². The Balaban J connectivity index is 1.68. The second-order valence-electron chi connectivity index (χ2n) is 5.30. The number of para-hydroxylation sites is 2. The fourth-order valence-electron chi connectivity index (χ4n) is 2.39. The van der Waals surface area contributed by atoms with Crippen LogP contribution in [-0.4, -0.2) is 26.3 Å². The number of nitrogens with zero attached hydrogens (tertiary/aromatic N) is 1. The number of benzene rings is 2. The first-order valence-corrected chi connectivity index (χ1v) is 8.95. The predicted octanol–water partition coefficient (Wildman–Crippen LogP) is 2.37. The van der Waals surface area contributed by atoms with Crippen molar-refractivity contribution in [3.05, 3.63) is 65.5 Å². The van der Waals surface area contributed by atoms with Crippen LogP contribution in [-0.2, 0) is 23.1 Å². The third kappa shape index (κ3) is 3.84. The number of hydrogen-bond acceptors (Lipinski definition) is 3. The summed E-state index contributed by atoms with van der Waals surface area (Å²) >= 11 is 0. The molecule has 3 aromatic rings. The standard InChI is InChI=1S/C17H17N3O2S/c1-23(22)11-12-5-4-6-13(9-12)17(21)18-10-16-19-14-7-2-3-8-15(14)20-16/h2-9H,10-11H2,1H3,(H,18,21)(H,19,20). The molecule has 0 bridgehead atoms. The first-order valence-electron chi connectivity index (χ1n) is 7.22. The van der Waals surface area contributed by atoms with E-state index in [0.29, 0.717) is 23.7 Å². The number of imidazole rings is 1. The average molecular weight is 327 g/mol. The van der Waals surface area contributed by atoms with E-state index >= 15 is 0 Å². The first kappa shape index (κ1) is 15.4. The summed E-state index contributed by atoms with van der Waals surface area (Å²) < 4.78 is 11.3. The van der Waals surface area contributed by atoms with E-state index in [-0.39, 0.29) is 5.91 Å². The molecule has 1 atom stereocenters. The highest BCUT2D eigenvalue weighted by Gasteiger charge is 2.08. The first-order chi connectivity index (χ1) is 11.1. The van der Waals surface area contributed by atoms with E-state index < -0.39 is 10.8 Å². The maximum atomic E-state index is 12.2. The van der Waals surface area contributed by atoms with Gasteiger partial charge in [0.1, 0.15) is 5.82 Å². The van der Waals surface area contributed by atoms with Crippen LogP contribution in [0, 0.1) is 0 Å². The number of carbonyl (C=O) groups excluding carboxylic acids is 1. The number of nitrogens with one attached hydrogen (secondary N) is 2. The largest absolute Gasteiger partial charge is 0.345 e. The molecule has 23 heavy (non-hydrogen) atoms. The molecule has 0 radical (unpaired) electrons. The zero-order chi connectivity index (χ0) is 16.2. The lowest BCUT2D eigenvalue weighted by Crippen LogP contribution is -2.23. The molecule has 6 heteroatoms. The Morgan fingerprint density at radius 3 is 2.83 bits per heavy atom. The molecule has 3 rings (SSSR count). The molecule has 1 amide bonds. The normalized spacial score (nSPS) is 12.2. The molecule has 2 N–H and O–H groups in total. The molecule has 0 aliphatic carbocycles. The van der Waals surface area contributed by atoms with Gasteiger partial charge in [-0.3, -0.25) is 9.00 Å². The zero-order valence-corrected chi connectivity index (χ0v) is 13.5. The molecule has 0 aliphatic rings. The fourth-order valence-corrected chi connectivity index (χ4v) is 3.04. The van der Waals surface area contributed by atoms with Crippen molar-refractivity contribution >= 4 is 27.7 Å². The van der Waals surface area contributed by atoms with Gasteiger partial charge in [-0.2, -0.15) is 0 Å². The Labute approximate surface area is 136 Å². The van der Waals surface area contributed by atoms with Crippen molar-refractivity contribution in [1.29, 1.82) is 0 Å². The van der Waals surface area contributed by atoms with Crippen LogP contribution in [0.4, 0.5) is 0 Å². The predicted molar refractivity (Wildman–Crippen MR) is 91.5 cm³/mol.